The smallest absolute Gasteiger partial charge is 0.119 e. The van der Waals surface area contributed by atoms with Crippen molar-refractivity contribution in [3.05, 3.63) is 50.1 Å². The van der Waals surface area contributed by atoms with Crippen molar-refractivity contribution >= 4 is 27.3 Å². The first-order chi connectivity index (χ1) is 9.56. The molecular weight excluding hydrogens is 338 g/mol. The van der Waals surface area contributed by atoms with E-state index in [-0.39, 0.29) is 5.92 Å². The molecule has 1 heterocycles. The minimum atomic E-state index is -0.609. The Labute approximate surface area is 131 Å². The molecule has 0 radical (unpaired) electrons. The molecule has 0 saturated carbocycles. The average molecular weight is 356 g/mol. The summed E-state index contributed by atoms with van der Waals surface area (Å²) in [5.74, 6) is 0.631. The summed E-state index contributed by atoms with van der Waals surface area (Å²) in [5, 5.41) is 10.6. The SMILES string of the molecule is COc1cccc(C(CN)C(O)c2cc(C)c(Br)s2)c1. The van der Waals surface area contributed by atoms with Crippen LogP contribution in [0.5, 0.6) is 5.75 Å². The Kier molecular flexibility index (Phi) is 5.21. The van der Waals surface area contributed by atoms with Crippen LogP contribution in [-0.4, -0.2) is 18.8 Å². The van der Waals surface area contributed by atoms with E-state index in [1.165, 1.54) is 0 Å². The Balaban J connectivity index is 2.30. The molecular formula is C15H18BrNO2S. The molecule has 1 aromatic carbocycles. The maximum absolute atomic E-state index is 10.6. The number of aliphatic hydroxyl groups is 1. The second-order valence-corrected chi connectivity index (χ2v) is 7.07. The Bertz CT molecular complexity index is 566. The molecule has 3 N–H and O–H groups in total. The van der Waals surface area contributed by atoms with Crippen molar-refractivity contribution in [3.8, 4) is 5.75 Å². The summed E-state index contributed by atoms with van der Waals surface area (Å²) in [4.78, 5) is 0.924. The molecule has 1 aromatic heterocycles. The highest BCUT2D eigenvalue weighted by molar-refractivity contribution is 9.11. The molecule has 0 bridgehead atoms. The van der Waals surface area contributed by atoms with E-state index in [1.54, 1.807) is 18.4 Å². The van der Waals surface area contributed by atoms with Gasteiger partial charge in [0.15, 0.2) is 0 Å². The van der Waals surface area contributed by atoms with E-state index < -0.39 is 6.10 Å². The standard InChI is InChI=1S/C15H18BrNO2S/c1-9-6-13(20-15(9)16)14(18)12(8-17)10-4-3-5-11(7-10)19-2/h3-7,12,14,18H,8,17H2,1-2H3. The van der Waals surface area contributed by atoms with Gasteiger partial charge in [0, 0.05) is 17.3 Å². The minimum Gasteiger partial charge on any atom is -0.497 e. The average Bonchev–Trinajstić information content (AvgIpc) is 2.79. The number of aryl methyl sites for hydroxylation is 1. The highest BCUT2D eigenvalue weighted by Crippen LogP contribution is 2.38. The van der Waals surface area contributed by atoms with Crippen LogP contribution in [0, 0.1) is 6.92 Å². The summed E-state index contributed by atoms with van der Waals surface area (Å²) in [5.41, 5.74) is 7.99. The molecule has 5 heteroatoms. The van der Waals surface area contributed by atoms with Gasteiger partial charge in [-0.1, -0.05) is 12.1 Å². The fourth-order valence-electron chi connectivity index (χ4n) is 2.15. The van der Waals surface area contributed by atoms with Gasteiger partial charge in [-0.3, -0.25) is 0 Å². The van der Waals surface area contributed by atoms with Gasteiger partial charge in [0.2, 0.25) is 0 Å². The molecule has 0 spiro atoms. The van der Waals surface area contributed by atoms with Gasteiger partial charge in [-0.05, 0) is 52.2 Å². The summed E-state index contributed by atoms with van der Waals surface area (Å²) in [6, 6.07) is 9.70. The van der Waals surface area contributed by atoms with Gasteiger partial charge in [-0.15, -0.1) is 11.3 Å². The van der Waals surface area contributed by atoms with Crippen molar-refractivity contribution in [1.82, 2.24) is 0 Å². The maximum Gasteiger partial charge on any atom is 0.119 e. The fraction of sp³-hybridized carbons (Fsp3) is 0.333. The van der Waals surface area contributed by atoms with Crippen molar-refractivity contribution in [2.24, 2.45) is 5.73 Å². The lowest BCUT2D eigenvalue weighted by atomic mass is 9.92. The molecule has 2 aromatic rings. The van der Waals surface area contributed by atoms with Crippen molar-refractivity contribution in [3.63, 3.8) is 0 Å². The Morgan fingerprint density at radius 1 is 1.40 bits per heavy atom. The summed E-state index contributed by atoms with van der Waals surface area (Å²) >= 11 is 5.04. The third-order valence-electron chi connectivity index (χ3n) is 3.32. The molecule has 2 rings (SSSR count). The lowest BCUT2D eigenvalue weighted by Gasteiger charge is -2.21. The molecule has 0 aliphatic carbocycles. The minimum absolute atomic E-state index is 0.143. The molecule has 2 atom stereocenters. The second kappa shape index (κ2) is 6.72. The van der Waals surface area contributed by atoms with E-state index in [4.69, 9.17) is 10.5 Å². The van der Waals surface area contributed by atoms with Crippen molar-refractivity contribution in [1.29, 1.82) is 0 Å². The molecule has 3 nitrogen and oxygen atoms in total. The Hall–Kier alpha value is -0.880. The zero-order valence-corrected chi connectivity index (χ0v) is 13.9. The number of hydrogen-bond acceptors (Lipinski definition) is 4. The van der Waals surface area contributed by atoms with E-state index >= 15 is 0 Å². The third kappa shape index (κ3) is 3.23. The van der Waals surface area contributed by atoms with Crippen molar-refractivity contribution in [2.75, 3.05) is 13.7 Å². The third-order valence-corrected chi connectivity index (χ3v) is 5.53. The monoisotopic (exact) mass is 355 g/mol. The topological polar surface area (TPSA) is 55.5 Å². The Morgan fingerprint density at radius 2 is 2.15 bits per heavy atom. The normalized spacial score (nSPS) is 14.1. The van der Waals surface area contributed by atoms with Gasteiger partial charge < -0.3 is 15.6 Å². The predicted molar refractivity (Wildman–Crippen MR) is 86.5 cm³/mol. The number of hydrogen-bond donors (Lipinski definition) is 2. The van der Waals surface area contributed by atoms with E-state index in [1.807, 2.05) is 37.3 Å². The summed E-state index contributed by atoms with van der Waals surface area (Å²) in [6.07, 6.45) is -0.609. The summed E-state index contributed by atoms with van der Waals surface area (Å²) in [7, 11) is 1.63. The molecule has 108 valence electrons. The van der Waals surface area contributed by atoms with Gasteiger partial charge in [0.1, 0.15) is 5.75 Å². The van der Waals surface area contributed by atoms with E-state index in [0.717, 1.165) is 25.5 Å². The maximum atomic E-state index is 10.6. The van der Waals surface area contributed by atoms with Gasteiger partial charge in [0.25, 0.3) is 0 Å². The molecule has 2 unspecified atom stereocenters. The number of benzene rings is 1. The first kappa shape index (κ1) is 15.5. The number of nitrogens with two attached hydrogens (primary N) is 1. The number of halogens is 1. The number of methoxy groups -OCH3 is 1. The highest BCUT2D eigenvalue weighted by atomic mass is 79.9. The zero-order chi connectivity index (χ0) is 14.7. The first-order valence-corrected chi connectivity index (χ1v) is 7.95. The summed E-state index contributed by atoms with van der Waals surface area (Å²) in [6.45, 7) is 2.39. The second-order valence-electron chi connectivity index (χ2n) is 4.67. The molecule has 0 amide bonds. The van der Waals surface area contributed by atoms with E-state index in [0.29, 0.717) is 6.54 Å². The van der Waals surface area contributed by atoms with Crippen LogP contribution in [0.4, 0.5) is 0 Å². The van der Waals surface area contributed by atoms with Crippen LogP contribution in [0.15, 0.2) is 34.1 Å². The van der Waals surface area contributed by atoms with Crippen LogP contribution in [0.1, 0.15) is 28.0 Å². The van der Waals surface area contributed by atoms with E-state index in [9.17, 15) is 5.11 Å². The quantitative estimate of drug-likeness (QED) is 0.861. The molecule has 0 fully saturated rings. The van der Waals surface area contributed by atoms with Crippen molar-refractivity contribution in [2.45, 2.75) is 18.9 Å². The fourth-order valence-corrected chi connectivity index (χ4v) is 3.77. The molecule has 20 heavy (non-hydrogen) atoms. The zero-order valence-electron chi connectivity index (χ0n) is 11.5. The van der Waals surface area contributed by atoms with Crippen molar-refractivity contribution < 1.29 is 9.84 Å². The highest BCUT2D eigenvalue weighted by Gasteiger charge is 2.24. The number of thiophene rings is 1. The molecule has 0 aliphatic rings. The van der Waals surface area contributed by atoms with Crippen LogP contribution in [0.25, 0.3) is 0 Å². The molecule has 0 saturated heterocycles. The van der Waals surface area contributed by atoms with Gasteiger partial charge in [-0.2, -0.15) is 0 Å². The van der Waals surface area contributed by atoms with Crippen LogP contribution in [-0.2, 0) is 0 Å². The van der Waals surface area contributed by atoms with E-state index in [2.05, 4.69) is 15.9 Å². The number of ether oxygens (including phenoxy) is 1. The van der Waals surface area contributed by atoms with Crippen LogP contribution < -0.4 is 10.5 Å². The van der Waals surface area contributed by atoms with Gasteiger partial charge >= 0.3 is 0 Å². The summed E-state index contributed by atoms with van der Waals surface area (Å²) < 4.78 is 6.28. The predicted octanol–water partition coefficient (Wildman–Crippen LogP) is 3.60. The first-order valence-electron chi connectivity index (χ1n) is 6.34. The van der Waals surface area contributed by atoms with Gasteiger partial charge in [-0.25, -0.2) is 0 Å². The van der Waals surface area contributed by atoms with Gasteiger partial charge in [0.05, 0.1) is 17.0 Å². The lowest BCUT2D eigenvalue weighted by Crippen LogP contribution is -2.19. The van der Waals surface area contributed by atoms with Crippen LogP contribution in [0.3, 0.4) is 0 Å². The van der Waals surface area contributed by atoms with Crippen LogP contribution >= 0.6 is 27.3 Å². The number of rotatable bonds is 5. The molecule has 0 aliphatic heterocycles. The van der Waals surface area contributed by atoms with Crippen LogP contribution in [0.2, 0.25) is 0 Å². The lowest BCUT2D eigenvalue weighted by molar-refractivity contribution is 0.151. The largest absolute Gasteiger partial charge is 0.497 e. The number of aliphatic hydroxyl groups excluding tert-OH is 1. The Morgan fingerprint density at radius 3 is 2.70 bits per heavy atom.